The first kappa shape index (κ1) is 16.0. The van der Waals surface area contributed by atoms with E-state index in [1.807, 2.05) is 47.6 Å². The molecule has 17 heavy (non-hydrogen) atoms. The highest BCUT2D eigenvalue weighted by Gasteiger charge is 2.20. The molecular formula is C13H25NO3. The number of rotatable bonds is 4. The number of aliphatic hydroxyl groups excluding tert-OH is 1. The van der Waals surface area contributed by atoms with Crippen LogP contribution in [0, 0.1) is 5.92 Å². The van der Waals surface area contributed by atoms with Crippen molar-refractivity contribution in [2.45, 2.75) is 53.2 Å². The van der Waals surface area contributed by atoms with Crippen molar-refractivity contribution in [3.8, 4) is 0 Å². The molecule has 0 aliphatic carbocycles. The second-order valence-corrected chi connectivity index (χ2v) is 5.59. The largest absolute Gasteiger partial charge is 0.444 e. The van der Waals surface area contributed by atoms with Crippen LogP contribution in [0.25, 0.3) is 0 Å². The molecule has 4 heteroatoms. The minimum absolute atomic E-state index is 0.000775. The van der Waals surface area contributed by atoms with Gasteiger partial charge in [-0.15, -0.1) is 0 Å². The number of hydrogen-bond acceptors (Lipinski definition) is 3. The van der Waals surface area contributed by atoms with E-state index in [1.165, 1.54) is 0 Å². The molecule has 1 amide bonds. The van der Waals surface area contributed by atoms with Crippen LogP contribution in [0.5, 0.6) is 0 Å². The van der Waals surface area contributed by atoms with Crippen LogP contribution in [0.4, 0.5) is 4.79 Å². The number of aliphatic hydroxyl groups is 1. The molecule has 0 spiro atoms. The zero-order valence-electron chi connectivity index (χ0n) is 11.7. The summed E-state index contributed by atoms with van der Waals surface area (Å²) in [5, 5.41) is 11.8. The van der Waals surface area contributed by atoms with E-state index < -0.39 is 11.7 Å². The minimum Gasteiger partial charge on any atom is -0.444 e. The Bertz CT molecular complexity index is 277. The van der Waals surface area contributed by atoms with Gasteiger partial charge in [0, 0.05) is 0 Å². The minimum atomic E-state index is -0.499. The van der Waals surface area contributed by atoms with Gasteiger partial charge in [0.15, 0.2) is 0 Å². The van der Waals surface area contributed by atoms with Gasteiger partial charge in [0.25, 0.3) is 0 Å². The van der Waals surface area contributed by atoms with Gasteiger partial charge in [-0.2, -0.15) is 0 Å². The van der Waals surface area contributed by atoms with Crippen molar-refractivity contribution < 1.29 is 14.6 Å². The Morgan fingerprint density at radius 1 is 1.41 bits per heavy atom. The first-order chi connectivity index (χ1) is 7.65. The number of hydrogen-bond donors (Lipinski definition) is 2. The zero-order valence-corrected chi connectivity index (χ0v) is 11.7. The third kappa shape index (κ3) is 7.80. The Labute approximate surface area is 104 Å². The molecule has 0 aliphatic rings. The first-order valence-corrected chi connectivity index (χ1v) is 5.93. The van der Waals surface area contributed by atoms with E-state index in [4.69, 9.17) is 9.84 Å². The Morgan fingerprint density at radius 2 is 1.94 bits per heavy atom. The topological polar surface area (TPSA) is 58.6 Å². The molecule has 2 N–H and O–H groups in total. The lowest BCUT2D eigenvalue weighted by Gasteiger charge is -2.24. The fourth-order valence-corrected chi connectivity index (χ4v) is 1.20. The standard InChI is InChI=1S/C13H25NO3/c1-9(2)11(7-10(3)8-15)14-12(16)17-13(4,5)6/h7,9,11,15H,8H2,1-6H3,(H,14,16)/b10-7+. The molecule has 0 radical (unpaired) electrons. The van der Waals surface area contributed by atoms with Gasteiger partial charge in [0.05, 0.1) is 12.6 Å². The number of alkyl carbamates (subject to hydrolysis) is 1. The zero-order chi connectivity index (χ0) is 13.6. The molecule has 0 aromatic heterocycles. The predicted octanol–water partition coefficient (Wildman–Crippen LogP) is 2.47. The van der Waals surface area contributed by atoms with Gasteiger partial charge in [-0.1, -0.05) is 25.5 Å². The number of carbonyl (C=O) groups excluding carboxylic acids is 1. The maximum absolute atomic E-state index is 11.6. The van der Waals surface area contributed by atoms with Crippen LogP contribution in [0.3, 0.4) is 0 Å². The van der Waals surface area contributed by atoms with E-state index in [1.54, 1.807) is 0 Å². The second kappa shape index (κ2) is 6.64. The molecule has 0 bridgehead atoms. The fraction of sp³-hybridized carbons (Fsp3) is 0.769. The Hall–Kier alpha value is -1.03. The van der Waals surface area contributed by atoms with Crippen LogP contribution >= 0.6 is 0 Å². The molecule has 0 saturated carbocycles. The lowest BCUT2D eigenvalue weighted by atomic mass is 10.0. The lowest BCUT2D eigenvalue weighted by molar-refractivity contribution is 0.0503. The highest BCUT2D eigenvalue weighted by Crippen LogP contribution is 2.10. The van der Waals surface area contributed by atoms with Crippen molar-refractivity contribution >= 4 is 6.09 Å². The van der Waals surface area contributed by atoms with E-state index >= 15 is 0 Å². The molecule has 4 nitrogen and oxygen atoms in total. The molecule has 1 atom stereocenters. The normalized spacial score (nSPS) is 14.7. The van der Waals surface area contributed by atoms with Crippen molar-refractivity contribution in [3.63, 3.8) is 0 Å². The molecule has 1 unspecified atom stereocenters. The van der Waals surface area contributed by atoms with E-state index in [0.717, 1.165) is 5.57 Å². The Kier molecular flexibility index (Phi) is 6.24. The molecular weight excluding hydrogens is 218 g/mol. The monoisotopic (exact) mass is 243 g/mol. The van der Waals surface area contributed by atoms with Crippen molar-refractivity contribution in [2.75, 3.05) is 6.61 Å². The van der Waals surface area contributed by atoms with Gasteiger partial charge < -0.3 is 15.2 Å². The number of nitrogens with one attached hydrogen (secondary N) is 1. The van der Waals surface area contributed by atoms with Crippen molar-refractivity contribution in [1.29, 1.82) is 0 Å². The highest BCUT2D eigenvalue weighted by atomic mass is 16.6. The van der Waals surface area contributed by atoms with Gasteiger partial charge in [-0.25, -0.2) is 4.79 Å². The van der Waals surface area contributed by atoms with E-state index in [0.29, 0.717) is 0 Å². The van der Waals surface area contributed by atoms with Crippen LogP contribution in [0.2, 0.25) is 0 Å². The Morgan fingerprint density at radius 3 is 2.29 bits per heavy atom. The van der Waals surface area contributed by atoms with Crippen molar-refractivity contribution in [1.82, 2.24) is 5.32 Å². The molecule has 0 fully saturated rings. The predicted molar refractivity (Wildman–Crippen MR) is 68.8 cm³/mol. The van der Waals surface area contributed by atoms with Crippen LogP contribution in [0.15, 0.2) is 11.6 Å². The summed E-state index contributed by atoms with van der Waals surface area (Å²) < 4.78 is 5.19. The molecule has 0 saturated heterocycles. The second-order valence-electron chi connectivity index (χ2n) is 5.59. The van der Waals surface area contributed by atoms with Gasteiger partial charge in [0.1, 0.15) is 5.60 Å². The summed E-state index contributed by atoms with van der Waals surface area (Å²) >= 11 is 0. The third-order valence-electron chi connectivity index (χ3n) is 2.12. The van der Waals surface area contributed by atoms with Crippen molar-refractivity contribution in [2.24, 2.45) is 5.92 Å². The molecule has 0 heterocycles. The Balaban J connectivity index is 4.52. The number of ether oxygens (including phenoxy) is 1. The first-order valence-electron chi connectivity index (χ1n) is 5.93. The smallest absolute Gasteiger partial charge is 0.408 e. The fourth-order valence-electron chi connectivity index (χ4n) is 1.20. The van der Waals surface area contributed by atoms with E-state index in [-0.39, 0.29) is 18.6 Å². The van der Waals surface area contributed by atoms with E-state index in [9.17, 15) is 4.79 Å². The molecule has 0 aromatic carbocycles. The SMILES string of the molecule is C/C(=C\C(NC(=O)OC(C)(C)C)C(C)C)CO. The third-order valence-corrected chi connectivity index (χ3v) is 2.12. The van der Waals surface area contributed by atoms with Crippen LogP contribution in [-0.4, -0.2) is 29.4 Å². The molecule has 100 valence electrons. The average molecular weight is 243 g/mol. The summed E-state index contributed by atoms with van der Waals surface area (Å²) in [6.45, 7) is 11.3. The van der Waals surface area contributed by atoms with Crippen LogP contribution in [0.1, 0.15) is 41.5 Å². The average Bonchev–Trinajstić information content (AvgIpc) is 2.13. The summed E-state index contributed by atoms with van der Waals surface area (Å²) in [5.41, 5.74) is 0.334. The summed E-state index contributed by atoms with van der Waals surface area (Å²) in [6, 6.07) is -0.128. The van der Waals surface area contributed by atoms with Gasteiger partial charge in [-0.05, 0) is 33.6 Å². The summed E-state index contributed by atoms with van der Waals surface area (Å²) in [5.74, 6) is 0.240. The van der Waals surface area contributed by atoms with Crippen molar-refractivity contribution in [3.05, 3.63) is 11.6 Å². The van der Waals surface area contributed by atoms with Crippen LogP contribution in [-0.2, 0) is 4.74 Å². The maximum Gasteiger partial charge on any atom is 0.408 e. The summed E-state index contributed by atoms with van der Waals surface area (Å²) in [7, 11) is 0. The van der Waals surface area contributed by atoms with Gasteiger partial charge >= 0.3 is 6.09 Å². The molecule has 0 rings (SSSR count). The quantitative estimate of drug-likeness (QED) is 0.746. The number of amides is 1. The number of carbonyl (C=O) groups is 1. The molecule has 0 aromatic rings. The lowest BCUT2D eigenvalue weighted by Crippen LogP contribution is -2.40. The van der Waals surface area contributed by atoms with E-state index in [2.05, 4.69) is 5.32 Å². The highest BCUT2D eigenvalue weighted by molar-refractivity contribution is 5.68. The maximum atomic E-state index is 11.6. The molecule has 0 aliphatic heterocycles. The summed E-state index contributed by atoms with van der Waals surface area (Å²) in [6.07, 6.45) is 1.42. The van der Waals surface area contributed by atoms with Gasteiger partial charge in [0.2, 0.25) is 0 Å². The summed E-state index contributed by atoms with van der Waals surface area (Å²) in [4.78, 5) is 11.6. The van der Waals surface area contributed by atoms with Crippen LogP contribution < -0.4 is 5.32 Å². The van der Waals surface area contributed by atoms with Gasteiger partial charge in [-0.3, -0.25) is 0 Å².